The summed E-state index contributed by atoms with van der Waals surface area (Å²) < 4.78 is 3.12. The molecule has 4 nitrogen and oxygen atoms in total. The number of hydrogen-bond donors (Lipinski definition) is 1. The topological polar surface area (TPSA) is 33.1 Å². The third kappa shape index (κ3) is 4.37. The smallest absolute Gasteiger partial charge is 0.0767 e. The van der Waals surface area contributed by atoms with Gasteiger partial charge in [-0.25, -0.2) is 0 Å². The van der Waals surface area contributed by atoms with Gasteiger partial charge in [0.05, 0.1) is 15.9 Å². The van der Waals surface area contributed by atoms with E-state index in [0.29, 0.717) is 6.04 Å². The highest BCUT2D eigenvalue weighted by Gasteiger charge is 2.13. The van der Waals surface area contributed by atoms with Crippen LogP contribution in [0.3, 0.4) is 0 Å². The lowest BCUT2D eigenvalue weighted by Gasteiger charge is -2.16. The molecule has 0 aliphatic carbocycles. The number of hydrogen-bond acceptors (Lipinski definition) is 3. The molecule has 0 aromatic carbocycles. The fraction of sp³-hybridized carbons (Fsp3) is 0.769. The third-order valence-corrected chi connectivity index (χ3v) is 4.05. The van der Waals surface area contributed by atoms with Gasteiger partial charge >= 0.3 is 0 Å². The van der Waals surface area contributed by atoms with Crippen LogP contribution in [0, 0.1) is 0 Å². The summed E-state index contributed by atoms with van der Waals surface area (Å²) in [6.45, 7) is 6.33. The summed E-state index contributed by atoms with van der Waals surface area (Å²) in [6, 6.07) is 0.513. The van der Waals surface area contributed by atoms with Gasteiger partial charge < -0.3 is 10.2 Å². The van der Waals surface area contributed by atoms with Crippen LogP contribution in [0.2, 0.25) is 0 Å². The predicted molar refractivity (Wildman–Crippen MR) is 79.8 cm³/mol. The molecule has 0 aliphatic heterocycles. The van der Waals surface area contributed by atoms with Crippen molar-refractivity contribution in [1.29, 1.82) is 0 Å². The van der Waals surface area contributed by atoms with Crippen LogP contribution in [0.25, 0.3) is 0 Å². The first kappa shape index (κ1) is 15.7. The van der Waals surface area contributed by atoms with E-state index in [1.54, 1.807) is 0 Å². The molecule has 0 amide bonds. The monoisotopic (exact) mass is 316 g/mol. The van der Waals surface area contributed by atoms with Crippen LogP contribution in [0.1, 0.15) is 31.7 Å². The molecule has 1 heterocycles. The molecule has 0 aliphatic rings. The Bertz CT molecular complexity index is 373. The van der Waals surface area contributed by atoms with Crippen molar-refractivity contribution in [3.8, 4) is 0 Å². The third-order valence-electron chi connectivity index (χ3n) is 3.13. The summed E-state index contributed by atoms with van der Waals surface area (Å²) >= 11 is 3.64. The molecule has 1 aromatic rings. The lowest BCUT2D eigenvalue weighted by atomic mass is 10.2. The van der Waals surface area contributed by atoms with E-state index in [1.807, 2.05) is 11.7 Å². The number of nitrogens with one attached hydrogen (secondary N) is 1. The van der Waals surface area contributed by atoms with E-state index < -0.39 is 0 Å². The van der Waals surface area contributed by atoms with Crippen LogP contribution in [0.5, 0.6) is 0 Å². The second-order valence-corrected chi connectivity index (χ2v) is 5.85. The second-order valence-electron chi connectivity index (χ2n) is 5.06. The van der Waals surface area contributed by atoms with Crippen LogP contribution >= 0.6 is 15.9 Å². The van der Waals surface area contributed by atoms with Crippen LogP contribution in [0.4, 0.5) is 0 Å². The Kier molecular flexibility index (Phi) is 6.32. The van der Waals surface area contributed by atoms with Crippen LogP contribution < -0.4 is 5.32 Å². The minimum Gasteiger partial charge on any atom is -0.309 e. The highest BCUT2D eigenvalue weighted by molar-refractivity contribution is 9.10. The number of halogens is 1. The molecule has 0 fully saturated rings. The first-order valence-electron chi connectivity index (χ1n) is 6.54. The molecule has 104 valence electrons. The standard InChI is InChI=1S/C13H25BrN4/c1-6-11-13(14)12(18(5)16-11)9-15-10(2)7-8-17(3)4/h10,15H,6-9H2,1-5H3. The van der Waals surface area contributed by atoms with Gasteiger partial charge in [-0.15, -0.1) is 0 Å². The van der Waals surface area contributed by atoms with E-state index in [-0.39, 0.29) is 0 Å². The minimum atomic E-state index is 0.513. The zero-order valence-corrected chi connectivity index (χ0v) is 13.7. The van der Waals surface area contributed by atoms with Crippen molar-refractivity contribution >= 4 is 15.9 Å². The number of rotatable bonds is 7. The van der Waals surface area contributed by atoms with Gasteiger partial charge in [0.1, 0.15) is 0 Å². The van der Waals surface area contributed by atoms with Crippen LogP contribution in [-0.4, -0.2) is 41.4 Å². The summed E-state index contributed by atoms with van der Waals surface area (Å²) in [7, 11) is 6.22. The SMILES string of the molecule is CCc1nn(C)c(CNC(C)CCN(C)C)c1Br. The second kappa shape index (κ2) is 7.26. The van der Waals surface area contributed by atoms with E-state index in [4.69, 9.17) is 0 Å². The van der Waals surface area contributed by atoms with E-state index in [0.717, 1.165) is 36.1 Å². The molecule has 1 unspecified atom stereocenters. The summed E-state index contributed by atoms with van der Waals surface area (Å²) in [5.74, 6) is 0. The van der Waals surface area contributed by atoms with Crippen molar-refractivity contribution in [2.45, 2.75) is 39.3 Å². The Labute approximate surface area is 119 Å². The van der Waals surface area contributed by atoms with Gasteiger partial charge in [-0.2, -0.15) is 5.10 Å². The minimum absolute atomic E-state index is 0.513. The number of aryl methyl sites for hydroxylation is 2. The van der Waals surface area contributed by atoms with Crippen molar-refractivity contribution in [2.75, 3.05) is 20.6 Å². The van der Waals surface area contributed by atoms with Crippen molar-refractivity contribution in [3.63, 3.8) is 0 Å². The molecular formula is C13H25BrN4. The quantitative estimate of drug-likeness (QED) is 0.837. The molecule has 1 N–H and O–H groups in total. The largest absolute Gasteiger partial charge is 0.309 e. The normalized spacial score (nSPS) is 13.3. The average molecular weight is 317 g/mol. The zero-order valence-electron chi connectivity index (χ0n) is 12.1. The molecular weight excluding hydrogens is 292 g/mol. The summed E-state index contributed by atoms with van der Waals surface area (Å²) in [6.07, 6.45) is 2.12. The van der Waals surface area contributed by atoms with Gasteiger partial charge in [-0.05, 0) is 56.3 Å². The Morgan fingerprint density at radius 2 is 2.11 bits per heavy atom. The van der Waals surface area contributed by atoms with Gasteiger partial charge in [0.15, 0.2) is 0 Å². The first-order chi connectivity index (χ1) is 8.45. The Morgan fingerprint density at radius 1 is 1.44 bits per heavy atom. The highest BCUT2D eigenvalue weighted by atomic mass is 79.9. The molecule has 1 rings (SSSR count). The maximum Gasteiger partial charge on any atom is 0.0767 e. The van der Waals surface area contributed by atoms with E-state index in [2.05, 4.69) is 59.2 Å². The highest BCUT2D eigenvalue weighted by Crippen LogP contribution is 2.21. The molecule has 0 bridgehead atoms. The Morgan fingerprint density at radius 3 is 2.61 bits per heavy atom. The number of aromatic nitrogens is 2. The van der Waals surface area contributed by atoms with Crippen molar-refractivity contribution in [1.82, 2.24) is 20.0 Å². The summed E-state index contributed by atoms with van der Waals surface area (Å²) in [5.41, 5.74) is 2.36. The molecule has 1 aromatic heterocycles. The van der Waals surface area contributed by atoms with Gasteiger partial charge in [-0.3, -0.25) is 4.68 Å². The van der Waals surface area contributed by atoms with Crippen molar-refractivity contribution in [2.24, 2.45) is 7.05 Å². The number of nitrogens with zero attached hydrogens (tertiary/aromatic N) is 3. The van der Waals surface area contributed by atoms with E-state index in [1.165, 1.54) is 5.69 Å². The van der Waals surface area contributed by atoms with Gasteiger partial charge in [0, 0.05) is 19.6 Å². The molecule has 0 spiro atoms. The maximum absolute atomic E-state index is 4.50. The van der Waals surface area contributed by atoms with Gasteiger partial charge in [-0.1, -0.05) is 6.92 Å². The Balaban J connectivity index is 2.50. The lowest BCUT2D eigenvalue weighted by molar-refractivity contribution is 0.364. The molecule has 0 saturated heterocycles. The van der Waals surface area contributed by atoms with Gasteiger partial charge in [0.2, 0.25) is 0 Å². The first-order valence-corrected chi connectivity index (χ1v) is 7.33. The fourth-order valence-electron chi connectivity index (χ4n) is 1.84. The lowest BCUT2D eigenvalue weighted by Crippen LogP contribution is -2.30. The maximum atomic E-state index is 4.50. The average Bonchev–Trinajstić information content (AvgIpc) is 2.59. The van der Waals surface area contributed by atoms with Crippen LogP contribution in [-0.2, 0) is 20.0 Å². The van der Waals surface area contributed by atoms with Crippen molar-refractivity contribution in [3.05, 3.63) is 15.9 Å². The molecule has 0 radical (unpaired) electrons. The van der Waals surface area contributed by atoms with Crippen LogP contribution in [0.15, 0.2) is 4.47 Å². The molecule has 5 heteroatoms. The molecule has 1 atom stereocenters. The predicted octanol–water partition coefficient (Wildman–Crippen LogP) is 2.17. The van der Waals surface area contributed by atoms with E-state index in [9.17, 15) is 0 Å². The summed E-state index contributed by atoms with van der Waals surface area (Å²) in [5, 5.41) is 8.06. The van der Waals surface area contributed by atoms with Crippen molar-refractivity contribution < 1.29 is 0 Å². The zero-order chi connectivity index (χ0) is 13.7. The fourth-order valence-corrected chi connectivity index (χ4v) is 2.59. The van der Waals surface area contributed by atoms with Gasteiger partial charge in [0.25, 0.3) is 0 Å². The summed E-state index contributed by atoms with van der Waals surface area (Å²) in [4.78, 5) is 2.22. The molecule has 0 saturated carbocycles. The molecule has 18 heavy (non-hydrogen) atoms. The Hall–Kier alpha value is -0.390. The van der Waals surface area contributed by atoms with E-state index >= 15 is 0 Å².